The Labute approximate surface area is 159 Å². The standard InChI is InChI=1S/C18H15ClN4O2S/c1-2-14-16(26-23-22-14)18(25)21-15-6-4-3-5-13(15)17(24)20-12-9-7-11(19)8-10-12/h3-10H,2H2,1H3,(H,20,24)(H,21,25). The topological polar surface area (TPSA) is 84.0 Å². The molecule has 8 heteroatoms. The third kappa shape index (κ3) is 4.07. The Morgan fingerprint density at radius 2 is 1.77 bits per heavy atom. The van der Waals surface area contributed by atoms with E-state index in [0.29, 0.717) is 39.0 Å². The maximum atomic E-state index is 12.6. The van der Waals surface area contributed by atoms with Gasteiger partial charge in [-0.05, 0) is 54.4 Å². The van der Waals surface area contributed by atoms with Crippen LogP contribution in [0.3, 0.4) is 0 Å². The Kier molecular flexibility index (Phi) is 5.60. The highest BCUT2D eigenvalue weighted by Crippen LogP contribution is 2.21. The van der Waals surface area contributed by atoms with Crippen LogP contribution in [0, 0.1) is 0 Å². The number of hydrogen-bond donors (Lipinski definition) is 2. The zero-order chi connectivity index (χ0) is 18.5. The summed E-state index contributed by atoms with van der Waals surface area (Å²) < 4.78 is 3.82. The molecule has 3 aromatic rings. The van der Waals surface area contributed by atoms with Crippen LogP contribution >= 0.6 is 23.1 Å². The van der Waals surface area contributed by atoms with Gasteiger partial charge in [-0.2, -0.15) is 0 Å². The van der Waals surface area contributed by atoms with Crippen molar-refractivity contribution in [3.63, 3.8) is 0 Å². The maximum absolute atomic E-state index is 12.6. The second-order valence-electron chi connectivity index (χ2n) is 5.36. The number of amides is 2. The molecule has 0 aliphatic heterocycles. The van der Waals surface area contributed by atoms with Crippen molar-refractivity contribution in [2.75, 3.05) is 10.6 Å². The van der Waals surface area contributed by atoms with E-state index in [1.165, 1.54) is 0 Å². The predicted molar refractivity (Wildman–Crippen MR) is 103 cm³/mol. The van der Waals surface area contributed by atoms with Crippen molar-refractivity contribution in [3.8, 4) is 0 Å². The summed E-state index contributed by atoms with van der Waals surface area (Å²) in [4.78, 5) is 25.5. The molecule has 3 rings (SSSR count). The smallest absolute Gasteiger partial charge is 0.269 e. The molecule has 6 nitrogen and oxygen atoms in total. The van der Waals surface area contributed by atoms with Gasteiger partial charge in [-0.25, -0.2) is 0 Å². The summed E-state index contributed by atoms with van der Waals surface area (Å²) in [6.45, 7) is 1.90. The summed E-state index contributed by atoms with van der Waals surface area (Å²) in [5.41, 5.74) is 2.02. The highest BCUT2D eigenvalue weighted by Gasteiger charge is 2.18. The van der Waals surface area contributed by atoms with Crippen LogP contribution in [0.5, 0.6) is 0 Å². The maximum Gasteiger partial charge on any atom is 0.269 e. The molecule has 0 atom stereocenters. The van der Waals surface area contributed by atoms with E-state index in [-0.39, 0.29) is 11.8 Å². The van der Waals surface area contributed by atoms with E-state index >= 15 is 0 Å². The number of hydrogen-bond acceptors (Lipinski definition) is 5. The lowest BCUT2D eigenvalue weighted by Crippen LogP contribution is -2.18. The normalized spacial score (nSPS) is 10.4. The largest absolute Gasteiger partial charge is 0.322 e. The first-order valence-corrected chi connectivity index (χ1v) is 9.02. The van der Waals surface area contributed by atoms with Gasteiger partial charge in [-0.3, -0.25) is 9.59 Å². The van der Waals surface area contributed by atoms with Crippen molar-refractivity contribution >= 4 is 46.3 Å². The molecule has 2 aromatic carbocycles. The fraction of sp³-hybridized carbons (Fsp3) is 0.111. The van der Waals surface area contributed by atoms with Crippen LogP contribution in [-0.4, -0.2) is 21.4 Å². The van der Waals surface area contributed by atoms with Gasteiger partial charge in [0.15, 0.2) is 0 Å². The van der Waals surface area contributed by atoms with E-state index in [0.717, 1.165) is 11.5 Å². The highest BCUT2D eigenvalue weighted by molar-refractivity contribution is 7.08. The molecule has 0 radical (unpaired) electrons. The van der Waals surface area contributed by atoms with Crippen LogP contribution < -0.4 is 10.6 Å². The number of aryl methyl sites for hydroxylation is 1. The van der Waals surface area contributed by atoms with E-state index in [2.05, 4.69) is 20.2 Å². The van der Waals surface area contributed by atoms with Crippen LogP contribution in [0.2, 0.25) is 5.02 Å². The number of nitrogens with zero attached hydrogens (tertiary/aromatic N) is 2. The van der Waals surface area contributed by atoms with Gasteiger partial charge >= 0.3 is 0 Å². The molecule has 1 heterocycles. The summed E-state index contributed by atoms with van der Waals surface area (Å²) in [6, 6.07) is 13.6. The first-order chi connectivity index (χ1) is 12.6. The third-order valence-electron chi connectivity index (χ3n) is 3.62. The summed E-state index contributed by atoms with van der Waals surface area (Å²) >= 11 is 6.89. The first kappa shape index (κ1) is 18.0. The quantitative estimate of drug-likeness (QED) is 0.686. The molecule has 0 spiro atoms. The van der Waals surface area contributed by atoms with E-state index in [1.807, 2.05) is 6.92 Å². The van der Waals surface area contributed by atoms with Gasteiger partial charge in [-0.15, -0.1) is 5.10 Å². The van der Waals surface area contributed by atoms with Crippen LogP contribution in [0.1, 0.15) is 32.6 Å². The number of para-hydroxylation sites is 1. The van der Waals surface area contributed by atoms with E-state index in [1.54, 1.807) is 48.5 Å². The van der Waals surface area contributed by atoms with Gasteiger partial charge in [0.2, 0.25) is 0 Å². The summed E-state index contributed by atoms with van der Waals surface area (Å²) in [5.74, 6) is -0.662. The van der Waals surface area contributed by atoms with Crippen LogP contribution in [0.15, 0.2) is 48.5 Å². The van der Waals surface area contributed by atoms with Crippen molar-refractivity contribution in [3.05, 3.63) is 69.7 Å². The van der Waals surface area contributed by atoms with Crippen molar-refractivity contribution in [2.24, 2.45) is 0 Å². The Morgan fingerprint density at radius 1 is 1.04 bits per heavy atom. The van der Waals surface area contributed by atoms with E-state index in [9.17, 15) is 9.59 Å². The molecule has 0 saturated carbocycles. The molecule has 0 saturated heterocycles. The van der Waals surface area contributed by atoms with Crippen molar-refractivity contribution in [1.29, 1.82) is 0 Å². The number of rotatable bonds is 5. The van der Waals surface area contributed by atoms with Gasteiger partial charge in [0.25, 0.3) is 11.8 Å². The van der Waals surface area contributed by atoms with Gasteiger partial charge in [0.05, 0.1) is 16.9 Å². The van der Waals surface area contributed by atoms with Gasteiger partial charge < -0.3 is 10.6 Å². The zero-order valence-corrected chi connectivity index (χ0v) is 15.4. The molecular formula is C18H15ClN4O2S. The summed E-state index contributed by atoms with van der Waals surface area (Å²) in [7, 11) is 0. The summed E-state index contributed by atoms with van der Waals surface area (Å²) in [6.07, 6.45) is 0.609. The Bertz CT molecular complexity index is 940. The number of anilines is 2. The lowest BCUT2D eigenvalue weighted by atomic mass is 10.1. The number of benzene rings is 2. The predicted octanol–water partition coefficient (Wildman–Crippen LogP) is 4.26. The molecule has 26 heavy (non-hydrogen) atoms. The van der Waals surface area contributed by atoms with Gasteiger partial charge in [0.1, 0.15) is 4.88 Å². The van der Waals surface area contributed by atoms with Crippen molar-refractivity contribution in [1.82, 2.24) is 9.59 Å². The number of nitrogens with one attached hydrogen (secondary N) is 2. The van der Waals surface area contributed by atoms with E-state index < -0.39 is 0 Å². The second-order valence-corrected chi connectivity index (χ2v) is 6.55. The number of carbonyl (C=O) groups excluding carboxylic acids is 2. The third-order valence-corrected chi connectivity index (χ3v) is 4.64. The van der Waals surface area contributed by atoms with Crippen LogP contribution in [0.4, 0.5) is 11.4 Å². The van der Waals surface area contributed by atoms with Crippen molar-refractivity contribution in [2.45, 2.75) is 13.3 Å². The second kappa shape index (κ2) is 8.07. The molecule has 0 fully saturated rings. The molecule has 0 bridgehead atoms. The van der Waals surface area contributed by atoms with Crippen LogP contribution in [-0.2, 0) is 6.42 Å². The van der Waals surface area contributed by atoms with Gasteiger partial charge in [-0.1, -0.05) is 35.1 Å². The Hall–Kier alpha value is -2.77. The molecule has 1 aromatic heterocycles. The molecule has 0 unspecified atom stereocenters. The average Bonchev–Trinajstić information content (AvgIpc) is 3.13. The fourth-order valence-corrected chi connectivity index (χ4v) is 3.08. The lowest BCUT2D eigenvalue weighted by Gasteiger charge is -2.11. The lowest BCUT2D eigenvalue weighted by molar-refractivity contribution is 0.102. The first-order valence-electron chi connectivity index (χ1n) is 7.87. The minimum absolute atomic E-state index is 0.330. The number of carbonyl (C=O) groups is 2. The monoisotopic (exact) mass is 386 g/mol. The van der Waals surface area contributed by atoms with E-state index in [4.69, 9.17) is 11.6 Å². The number of halogens is 1. The molecule has 2 amide bonds. The zero-order valence-electron chi connectivity index (χ0n) is 13.8. The molecule has 0 aliphatic carbocycles. The Balaban J connectivity index is 1.80. The molecule has 2 N–H and O–H groups in total. The highest BCUT2D eigenvalue weighted by atomic mass is 35.5. The molecular weight excluding hydrogens is 372 g/mol. The number of aromatic nitrogens is 2. The fourth-order valence-electron chi connectivity index (χ4n) is 2.31. The molecule has 0 aliphatic rings. The summed E-state index contributed by atoms with van der Waals surface area (Å²) in [5, 5.41) is 10.1. The SMILES string of the molecule is CCc1nnsc1C(=O)Nc1ccccc1C(=O)Nc1ccc(Cl)cc1. The average molecular weight is 387 g/mol. The minimum Gasteiger partial charge on any atom is -0.322 e. The Morgan fingerprint density at radius 3 is 2.50 bits per heavy atom. The minimum atomic E-state index is -0.332. The van der Waals surface area contributed by atoms with Crippen molar-refractivity contribution < 1.29 is 9.59 Å². The van der Waals surface area contributed by atoms with Gasteiger partial charge in [0, 0.05) is 10.7 Å². The van der Waals surface area contributed by atoms with Crippen LogP contribution in [0.25, 0.3) is 0 Å². The molecule has 132 valence electrons.